The zero-order chi connectivity index (χ0) is 19.6. The molecule has 6 nitrogen and oxygen atoms in total. The average Bonchev–Trinajstić information content (AvgIpc) is 2.65. The number of phenolic OH excluding ortho intramolecular Hbond substituents is 2. The van der Waals surface area contributed by atoms with Gasteiger partial charge in [-0.2, -0.15) is 0 Å². The van der Waals surface area contributed by atoms with Crippen LogP contribution in [0.1, 0.15) is 10.4 Å². The molecule has 8 heteroatoms. The Bertz CT molecular complexity index is 1050. The highest BCUT2D eigenvalue weighted by Crippen LogP contribution is 2.35. The monoisotopic (exact) mass is 373 g/mol. The van der Waals surface area contributed by atoms with Crippen LogP contribution in [0.3, 0.4) is 0 Å². The van der Waals surface area contributed by atoms with E-state index in [9.17, 15) is 28.6 Å². The molecule has 0 aliphatic carbocycles. The summed E-state index contributed by atoms with van der Waals surface area (Å²) in [6.45, 7) is -0.775. The van der Waals surface area contributed by atoms with Crippen LogP contribution in [0, 0.1) is 11.6 Å². The van der Waals surface area contributed by atoms with E-state index < -0.39 is 35.9 Å². The van der Waals surface area contributed by atoms with Crippen molar-refractivity contribution >= 4 is 28.3 Å². The van der Waals surface area contributed by atoms with E-state index >= 15 is 0 Å². The molecule has 0 unspecified atom stereocenters. The summed E-state index contributed by atoms with van der Waals surface area (Å²) in [7, 11) is 0. The number of rotatable bonds is 4. The number of halogens is 2. The van der Waals surface area contributed by atoms with E-state index in [0.717, 1.165) is 18.2 Å². The van der Waals surface area contributed by atoms with Gasteiger partial charge in [0, 0.05) is 16.8 Å². The third-order valence-electron chi connectivity index (χ3n) is 3.75. The Balaban J connectivity index is 1.71. The molecule has 0 saturated carbocycles. The number of hydrogen-bond acceptors (Lipinski definition) is 5. The normalized spacial score (nSPS) is 10.6. The molecule has 1 amide bonds. The van der Waals surface area contributed by atoms with Crippen LogP contribution in [0.5, 0.6) is 11.5 Å². The smallest absolute Gasteiger partial charge is 0.342 e. The van der Waals surface area contributed by atoms with Gasteiger partial charge < -0.3 is 20.3 Å². The van der Waals surface area contributed by atoms with Gasteiger partial charge in [-0.3, -0.25) is 4.79 Å². The largest absolute Gasteiger partial charge is 0.507 e. The van der Waals surface area contributed by atoms with Crippen molar-refractivity contribution in [2.45, 2.75) is 0 Å². The number of phenols is 2. The summed E-state index contributed by atoms with van der Waals surface area (Å²) in [6, 6.07) is 9.93. The number of nitrogens with one attached hydrogen (secondary N) is 1. The number of benzene rings is 3. The number of amides is 1. The highest BCUT2D eigenvalue weighted by atomic mass is 19.1. The van der Waals surface area contributed by atoms with Gasteiger partial charge in [0.25, 0.3) is 5.91 Å². The first-order valence-electron chi connectivity index (χ1n) is 7.72. The van der Waals surface area contributed by atoms with Gasteiger partial charge in [-0.1, -0.05) is 24.3 Å². The minimum absolute atomic E-state index is 0.238. The van der Waals surface area contributed by atoms with E-state index in [4.69, 9.17) is 4.74 Å². The molecular weight excluding hydrogens is 360 g/mol. The first-order chi connectivity index (χ1) is 12.9. The van der Waals surface area contributed by atoms with Gasteiger partial charge in [-0.05, 0) is 18.2 Å². The minimum Gasteiger partial charge on any atom is -0.507 e. The van der Waals surface area contributed by atoms with Crippen LogP contribution >= 0.6 is 0 Å². The number of aromatic hydroxyl groups is 2. The van der Waals surface area contributed by atoms with Crippen molar-refractivity contribution < 1.29 is 33.3 Å². The molecule has 0 radical (unpaired) electrons. The number of ether oxygens (including phenoxy) is 1. The summed E-state index contributed by atoms with van der Waals surface area (Å²) in [6.07, 6.45) is 0. The molecule has 0 aliphatic heterocycles. The third kappa shape index (κ3) is 3.79. The molecule has 3 aromatic rings. The number of esters is 1. The third-order valence-corrected chi connectivity index (χ3v) is 3.75. The number of hydrogen-bond donors (Lipinski definition) is 3. The van der Waals surface area contributed by atoms with E-state index in [-0.39, 0.29) is 22.4 Å². The predicted molar refractivity (Wildman–Crippen MR) is 92.5 cm³/mol. The van der Waals surface area contributed by atoms with E-state index in [1.807, 2.05) is 0 Å². The molecule has 0 bridgehead atoms. The van der Waals surface area contributed by atoms with Gasteiger partial charge in [-0.25, -0.2) is 13.6 Å². The van der Waals surface area contributed by atoms with Crippen molar-refractivity contribution in [1.82, 2.24) is 0 Å². The van der Waals surface area contributed by atoms with E-state index in [1.54, 1.807) is 18.2 Å². The highest BCUT2D eigenvalue weighted by Gasteiger charge is 2.19. The molecular formula is C19H13F2NO5. The molecule has 3 rings (SSSR count). The summed E-state index contributed by atoms with van der Waals surface area (Å²) in [5.41, 5.74) is -0.601. The summed E-state index contributed by atoms with van der Waals surface area (Å²) in [4.78, 5) is 23.9. The zero-order valence-electron chi connectivity index (χ0n) is 13.7. The summed E-state index contributed by atoms with van der Waals surface area (Å²) < 4.78 is 31.1. The molecule has 138 valence electrons. The van der Waals surface area contributed by atoms with Crippen LogP contribution in [0.2, 0.25) is 0 Å². The number of anilines is 1. The van der Waals surface area contributed by atoms with Crippen LogP contribution in [0.25, 0.3) is 10.8 Å². The van der Waals surface area contributed by atoms with E-state index in [2.05, 4.69) is 5.32 Å². The highest BCUT2D eigenvalue weighted by molar-refractivity contribution is 6.04. The van der Waals surface area contributed by atoms with Crippen molar-refractivity contribution in [1.29, 1.82) is 0 Å². The average molecular weight is 373 g/mol. The molecule has 27 heavy (non-hydrogen) atoms. The Labute approximate surface area is 151 Å². The van der Waals surface area contributed by atoms with Crippen molar-refractivity contribution in [2.75, 3.05) is 11.9 Å². The topological polar surface area (TPSA) is 95.9 Å². The second kappa shape index (κ2) is 7.28. The Morgan fingerprint density at radius 3 is 2.41 bits per heavy atom. The van der Waals surface area contributed by atoms with E-state index in [1.165, 1.54) is 6.07 Å². The van der Waals surface area contributed by atoms with Crippen LogP contribution in [-0.2, 0) is 9.53 Å². The minimum atomic E-state index is -1.05. The summed E-state index contributed by atoms with van der Waals surface area (Å²) in [5, 5.41) is 22.9. The Morgan fingerprint density at radius 2 is 1.70 bits per heavy atom. The lowest BCUT2D eigenvalue weighted by molar-refractivity contribution is -0.119. The first-order valence-corrected chi connectivity index (χ1v) is 7.72. The molecule has 3 N–H and O–H groups in total. The Hall–Kier alpha value is -3.68. The number of carbonyl (C=O) groups excluding carboxylic acids is 2. The first kappa shape index (κ1) is 18.1. The Kier molecular flexibility index (Phi) is 4.89. The lowest BCUT2D eigenvalue weighted by Crippen LogP contribution is -2.21. The molecule has 3 aromatic carbocycles. The second-order valence-corrected chi connectivity index (χ2v) is 5.59. The van der Waals surface area contributed by atoms with Gasteiger partial charge >= 0.3 is 5.97 Å². The summed E-state index contributed by atoms with van der Waals surface area (Å²) >= 11 is 0. The predicted octanol–water partition coefficient (Wildman–Crippen LogP) is 3.32. The maximum Gasteiger partial charge on any atom is 0.342 e. The van der Waals surface area contributed by atoms with Crippen LogP contribution < -0.4 is 5.32 Å². The zero-order valence-corrected chi connectivity index (χ0v) is 13.7. The van der Waals surface area contributed by atoms with Crippen molar-refractivity contribution in [2.24, 2.45) is 0 Å². The van der Waals surface area contributed by atoms with Crippen molar-refractivity contribution in [3.8, 4) is 11.5 Å². The fraction of sp³-hybridized carbons (Fsp3) is 0.0526. The molecule has 0 aliphatic rings. The van der Waals surface area contributed by atoms with Gasteiger partial charge in [0.2, 0.25) is 0 Å². The fourth-order valence-electron chi connectivity index (χ4n) is 2.48. The molecule has 0 heterocycles. The number of fused-ring (bicyclic) bond motifs is 1. The van der Waals surface area contributed by atoms with Crippen LogP contribution in [0.15, 0.2) is 48.5 Å². The maximum absolute atomic E-state index is 13.5. The molecule has 0 atom stereocenters. The molecule has 0 aromatic heterocycles. The Morgan fingerprint density at radius 1 is 1.00 bits per heavy atom. The van der Waals surface area contributed by atoms with Gasteiger partial charge in [0.05, 0.1) is 5.69 Å². The maximum atomic E-state index is 13.5. The van der Waals surface area contributed by atoms with Gasteiger partial charge in [0.15, 0.2) is 6.61 Å². The molecule has 0 spiro atoms. The number of carbonyl (C=O) groups is 2. The second-order valence-electron chi connectivity index (χ2n) is 5.59. The molecule has 0 fully saturated rings. The van der Waals surface area contributed by atoms with E-state index in [0.29, 0.717) is 11.5 Å². The summed E-state index contributed by atoms with van der Waals surface area (Å²) in [5.74, 6) is -4.34. The van der Waals surface area contributed by atoms with Crippen LogP contribution in [-0.4, -0.2) is 28.7 Å². The quantitative estimate of drug-likeness (QED) is 0.482. The SMILES string of the molecule is O=C(COC(=O)c1cc(O)c2ccccc2c1O)Nc1ccc(F)cc1F. The fourth-order valence-corrected chi connectivity index (χ4v) is 2.48. The lowest BCUT2D eigenvalue weighted by Gasteiger charge is -2.10. The van der Waals surface area contributed by atoms with Crippen molar-refractivity contribution in [3.63, 3.8) is 0 Å². The lowest BCUT2D eigenvalue weighted by atomic mass is 10.0. The van der Waals surface area contributed by atoms with Gasteiger partial charge in [-0.15, -0.1) is 0 Å². The standard InChI is InChI=1S/C19H13F2NO5/c20-10-5-6-15(14(21)7-10)22-17(24)9-27-19(26)13-8-16(23)11-3-1-2-4-12(11)18(13)25/h1-8,23,25H,9H2,(H,22,24). The molecule has 0 saturated heterocycles. The van der Waals surface area contributed by atoms with Crippen LogP contribution in [0.4, 0.5) is 14.5 Å². The van der Waals surface area contributed by atoms with Gasteiger partial charge in [0.1, 0.15) is 28.7 Å². The van der Waals surface area contributed by atoms with Crippen molar-refractivity contribution in [3.05, 3.63) is 65.7 Å².